The van der Waals surface area contributed by atoms with Gasteiger partial charge in [-0.25, -0.2) is 9.97 Å². The van der Waals surface area contributed by atoms with E-state index in [4.69, 9.17) is 5.11 Å². The highest BCUT2D eigenvalue weighted by atomic mass is 32.2. The molecule has 0 aliphatic carbocycles. The summed E-state index contributed by atoms with van der Waals surface area (Å²) in [5.41, 5.74) is 1.63. The maximum Gasteiger partial charge on any atom is 0.313 e. The molecule has 0 amide bonds. The first-order valence-corrected chi connectivity index (χ1v) is 6.72. The van der Waals surface area contributed by atoms with Gasteiger partial charge in [0.05, 0.1) is 5.75 Å². The molecule has 2 heterocycles. The number of carboxylic acids is 1. The molecule has 2 rings (SSSR count). The number of carboxylic acid groups (broad SMARTS) is 1. The predicted octanol–water partition coefficient (Wildman–Crippen LogP) is 2.26. The van der Waals surface area contributed by atoms with Crippen LogP contribution in [0.1, 0.15) is 13.8 Å². The van der Waals surface area contributed by atoms with Gasteiger partial charge in [-0.2, -0.15) is 0 Å². The van der Waals surface area contributed by atoms with Crippen molar-refractivity contribution in [3.63, 3.8) is 0 Å². The Morgan fingerprint density at radius 3 is 3.00 bits per heavy atom. The topological polar surface area (TPSA) is 68.0 Å². The van der Waals surface area contributed by atoms with Gasteiger partial charge in [-0.15, -0.1) is 0 Å². The lowest BCUT2D eigenvalue weighted by Gasteiger charge is -2.09. The number of imidazole rings is 1. The van der Waals surface area contributed by atoms with Crippen LogP contribution in [0.25, 0.3) is 11.2 Å². The Labute approximate surface area is 109 Å². The van der Waals surface area contributed by atoms with Crippen LogP contribution < -0.4 is 0 Å². The summed E-state index contributed by atoms with van der Waals surface area (Å²) in [6.45, 7) is 5.01. The molecule has 96 valence electrons. The molecule has 0 fully saturated rings. The molecule has 0 bridgehead atoms. The monoisotopic (exact) mass is 265 g/mol. The van der Waals surface area contributed by atoms with Gasteiger partial charge < -0.3 is 9.67 Å². The van der Waals surface area contributed by atoms with Gasteiger partial charge in [-0.1, -0.05) is 25.6 Å². The second-order valence-electron chi connectivity index (χ2n) is 4.43. The Hall–Kier alpha value is -1.56. The van der Waals surface area contributed by atoms with Crippen molar-refractivity contribution in [3.05, 3.63) is 18.3 Å². The normalized spacial score (nSPS) is 11.3. The van der Waals surface area contributed by atoms with Crippen molar-refractivity contribution in [1.29, 1.82) is 0 Å². The molecule has 5 nitrogen and oxygen atoms in total. The Morgan fingerprint density at radius 1 is 1.56 bits per heavy atom. The summed E-state index contributed by atoms with van der Waals surface area (Å²) >= 11 is 1.24. The van der Waals surface area contributed by atoms with Gasteiger partial charge in [0, 0.05) is 12.7 Å². The minimum Gasteiger partial charge on any atom is -0.481 e. The van der Waals surface area contributed by atoms with Crippen molar-refractivity contribution in [3.8, 4) is 0 Å². The number of aliphatic carboxylic acids is 1. The summed E-state index contributed by atoms with van der Waals surface area (Å²) < 4.78 is 1.99. The average molecular weight is 265 g/mol. The lowest BCUT2D eigenvalue weighted by Crippen LogP contribution is -2.08. The van der Waals surface area contributed by atoms with Crippen molar-refractivity contribution in [2.24, 2.45) is 5.92 Å². The van der Waals surface area contributed by atoms with Crippen LogP contribution in [0.2, 0.25) is 0 Å². The van der Waals surface area contributed by atoms with Gasteiger partial charge in [-0.3, -0.25) is 4.79 Å². The standard InChI is InChI=1S/C12H15N3O2S/c1-8(2)6-15-11-9(4-3-5-13-11)14-12(15)18-7-10(16)17/h3-5,8H,6-7H2,1-2H3,(H,16,17). The maximum atomic E-state index is 10.6. The zero-order chi connectivity index (χ0) is 13.1. The minimum absolute atomic E-state index is 0.0153. The molecule has 0 unspecified atom stereocenters. The highest BCUT2D eigenvalue weighted by Crippen LogP contribution is 2.23. The summed E-state index contributed by atoms with van der Waals surface area (Å²) in [6, 6.07) is 3.73. The van der Waals surface area contributed by atoms with E-state index in [-0.39, 0.29) is 5.75 Å². The minimum atomic E-state index is -0.837. The number of rotatable bonds is 5. The molecule has 18 heavy (non-hydrogen) atoms. The van der Waals surface area contributed by atoms with E-state index in [0.717, 1.165) is 22.9 Å². The number of fused-ring (bicyclic) bond motifs is 1. The third-order valence-corrected chi connectivity index (χ3v) is 3.30. The van der Waals surface area contributed by atoms with Gasteiger partial charge in [-0.05, 0) is 18.1 Å². The van der Waals surface area contributed by atoms with Gasteiger partial charge >= 0.3 is 5.97 Å². The highest BCUT2D eigenvalue weighted by molar-refractivity contribution is 7.99. The summed E-state index contributed by atoms with van der Waals surface area (Å²) in [4.78, 5) is 19.4. The maximum absolute atomic E-state index is 10.6. The summed E-state index contributed by atoms with van der Waals surface area (Å²) in [7, 11) is 0. The van der Waals surface area contributed by atoms with Crippen LogP contribution in [-0.4, -0.2) is 31.4 Å². The van der Waals surface area contributed by atoms with E-state index in [1.165, 1.54) is 11.8 Å². The molecule has 2 aromatic rings. The van der Waals surface area contributed by atoms with Crippen LogP contribution in [0.3, 0.4) is 0 Å². The van der Waals surface area contributed by atoms with Crippen LogP contribution in [-0.2, 0) is 11.3 Å². The second-order valence-corrected chi connectivity index (χ2v) is 5.37. The Balaban J connectivity index is 2.39. The van der Waals surface area contributed by atoms with E-state index >= 15 is 0 Å². The Morgan fingerprint density at radius 2 is 2.33 bits per heavy atom. The van der Waals surface area contributed by atoms with Crippen molar-refractivity contribution < 1.29 is 9.90 Å². The first-order valence-electron chi connectivity index (χ1n) is 5.73. The first-order chi connectivity index (χ1) is 8.58. The molecule has 0 radical (unpaired) electrons. The molecular weight excluding hydrogens is 250 g/mol. The van der Waals surface area contributed by atoms with E-state index in [1.54, 1.807) is 6.20 Å². The van der Waals surface area contributed by atoms with Crippen molar-refractivity contribution >= 4 is 28.9 Å². The lowest BCUT2D eigenvalue weighted by atomic mass is 10.2. The molecule has 0 atom stereocenters. The zero-order valence-corrected chi connectivity index (χ0v) is 11.1. The smallest absolute Gasteiger partial charge is 0.313 e. The van der Waals surface area contributed by atoms with E-state index < -0.39 is 5.97 Å². The third-order valence-electron chi connectivity index (χ3n) is 2.34. The number of hydrogen-bond donors (Lipinski definition) is 1. The third kappa shape index (κ3) is 2.81. The fourth-order valence-electron chi connectivity index (χ4n) is 1.70. The Bertz CT molecular complexity index is 565. The van der Waals surface area contributed by atoms with Crippen molar-refractivity contribution in [1.82, 2.24) is 14.5 Å². The lowest BCUT2D eigenvalue weighted by molar-refractivity contribution is -0.133. The summed E-state index contributed by atoms with van der Waals surface area (Å²) in [5, 5.41) is 9.47. The molecule has 6 heteroatoms. The van der Waals surface area contributed by atoms with Crippen molar-refractivity contribution in [2.75, 3.05) is 5.75 Å². The molecule has 0 aliphatic rings. The van der Waals surface area contributed by atoms with Crippen LogP contribution in [0.15, 0.2) is 23.5 Å². The first kappa shape index (κ1) is 12.9. The van der Waals surface area contributed by atoms with E-state index in [1.807, 2.05) is 16.7 Å². The molecule has 0 saturated heterocycles. The molecule has 0 aliphatic heterocycles. The molecule has 0 spiro atoms. The largest absolute Gasteiger partial charge is 0.481 e. The molecular formula is C12H15N3O2S. The molecule has 0 saturated carbocycles. The van der Waals surface area contributed by atoms with Gasteiger partial charge in [0.15, 0.2) is 10.8 Å². The fraction of sp³-hybridized carbons (Fsp3) is 0.417. The molecule has 0 aromatic carbocycles. The number of carbonyl (C=O) groups is 1. The fourth-order valence-corrected chi connectivity index (χ4v) is 2.44. The van der Waals surface area contributed by atoms with Crippen LogP contribution in [0.5, 0.6) is 0 Å². The van der Waals surface area contributed by atoms with Crippen LogP contribution >= 0.6 is 11.8 Å². The average Bonchev–Trinajstić information content (AvgIpc) is 2.64. The number of nitrogens with zero attached hydrogens (tertiary/aromatic N) is 3. The van der Waals surface area contributed by atoms with E-state index in [2.05, 4.69) is 23.8 Å². The van der Waals surface area contributed by atoms with E-state index in [9.17, 15) is 4.79 Å². The van der Waals surface area contributed by atoms with Gasteiger partial charge in [0.1, 0.15) is 5.52 Å². The second kappa shape index (κ2) is 5.39. The summed E-state index contributed by atoms with van der Waals surface area (Å²) in [5.74, 6) is -0.369. The number of aromatic nitrogens is 3. The number of pyridine rings is 1. The van der Waals surface area contributed by atoms with Gasteiger partial charge in [0.2, 0.25) is 0 Å². The van der Waals surface area contributed by atoms with Crippen LogP contribution in [0.4, 0.5) is 0 Å². The molecule has 1 N–H and O–H groups in total. The number of thioether (sulfide) groups is 1. The molecule has 2 aromatic heterocycles. The number of hydrogen-bond acceptors (Lipinski definition) is 4. The van der Waals surface area contributed by atoms with Crippen LogP contribution in [0, 0.1) is 5.92 Å². The predicted molar refractivity (Wildman–Crippen MR) is 70.7 cm³/mol. The zero-order valence-electron chi connectivity index (χ0n) is 10.3. The van der Waals surface area contributed by atoms with E-state index in [0.29, 0.717) is 5.92 Å². The highest BCUT2D eigenvalue weighted by Gasteiger charge is 2.14. The van der Waals surface area contributed by atoms with Gasteiger partial charge in [0.25, 0.3) is 0 Å². The quantitative estimate of drug-likeness (QED) is 0.840. The Kier molecular flexibility index (Phi) is 3.86. The summed E-state index contributed by atoms with van der Waals surface area (Å²) in [6.07, 6.45) is 1.73. The SMILES string of the molecule is CC(C)Cn1c(SCC(=O)O)nc2cccnc21. The van der Waals surface area contributed by atoms with Crippen molar-refractivity contribution in [2.45, 2.75) is 25.5 Å².